The number of hydrogen-bond acceptors (Lipinski definition) is 5. The number of ether oxygens (including phenoxy) is 2. The highest BCUT2D eigenvalue weighted by molar-refractivity contribution is 5.85. The minimum absolute atomic E-state index is 0.0510. The third-order valence-corrected chi connectivity index (χ3v) is 3.11. The summed E-state index contributed by atoms with van der Waals surface area (Å²) in [6.07, 6.45) is -0.0564. The molecule has 6 nitrogen and oxygen atoms in total. The van der Waals surface area contributed by atoms with E-state index in [2.05, 4.69) is 4.98 Å². The van der Waals surface area contributed by atoms with Crippen LogP contribution in [0, 0.1) is 0 Å². The second kappa shape index (κ2) is 5.76. The van der Waals surface area contributed by atoms with E-state index in [1.54, 1.807) is 13.2 Å². The van der Waals surface area contributed by atoms with E-state index in [-0.39, 0.29) is 17.4 Å². The number of aromatic carboxylic acids is 1. The third kappa shape index (κ3) is 3.46. The van der Waals surface area contributed by atoms with Crippen LogP contribution in [0.15, 0.2) is 18.2 Å². The molecule has 1 saturated heterocycles. The average Bonchev–Trinajstić information content (AvgIpc) is 2.37. The van der Waals surface area contributed by atoms with Gasteiger partial charge < -0.3 is 19.5 Å². The maximum absolute atomic E-state index is 11.0. The van der Waals surface area contributed by atoms with E-state index in [0.717, 1.165) is 0 Å². The van der Waals surface area contributed by atoms with Crippen molar-refractivity contribution in [2.45, 2.75) is 25.6 Å². The van der Waals surface area contributed by atoms with Crippen LogP contribution in [-0.2, 0) is 9.47 Å². The number of carboxylic acids is 1. The first-order valence-electron chi connectivity index (χ1n) is 6.53. The van der Waals surface area contributed by atoms with Crippen molar-refractivity contribution < 1.29 is 19.4 Å². The summed E-state index contributed by atoms with van der Waals surface area (Å²) in [5.74, 6) is -0.366. The zero-order valence-corrected chi connectivity index (χ0v) is 12.0. The second-order valence-electron chi connectivity index (χ2n) is 5.52. The SMILES string of the molecule is COCC1CN(c2cccc(C(=O)O)n2)CC(C)(C)O1. The van der Waals surface area contributed by atoms with Crippen LogP contribution in [0.2, 0.25) is 0 Å². The Balaban J connectivity index is 2.22. The molecule has 20 heavy (non-hydrogen) atoms. The summed E-state index contributed by atoms with van der Waals surface area (Å²) in [5, 5.41) is 9.02. The molecule has 1 fully saturated rings. The highest BCUT2D eigenvalue weighted by Gasteiger charge is 2.34. The van der Waals surface area contributed by atoms with Gasteiger partial charge in [0.2, 0.25) is 0 Å². The molecule has 0 radical (unpaired) electrons. The number of carboxylic acid groups (broad SMARTS) is 1. The van der Waals surface area contributed by atoms with Crippen molar-refractivity contribution in [1.29, 1.82) is 0 Å². The minimum atomic E-state index is -1.02. The lowest BCUT2D eigenvalue weighted by Crippen LogP contribution is -2.54. The fourth-order valence-electron chi connectivity index (χ4n) is 2.46. The van der Waals surface area contributed by atoms with E-state index in [0.29, 0.717) is 25.5 Å². The molecular formula is C14H20N2O4. The lowest BCUT2D eigenvalue weighted by atomic mass is 10.1. The van der Waals surface area contributed by atoms with Gasteiger partial charge in [-0.3, -0.25) is 0 Å². The number of methoxy groups -OCH3 is 1. The normalized spacial score (nSPS) is 21.8. The Morgan fingerprint density at radius 2 is 2.35 bits per heavy atom. The standard InChI is InChI=1S/C14H20N2O4/c1-14(2)9-16(7-10(20-14)8-19-3)12-6-4-5-11(15-12)13(17)18/h4-6,10H,7-9H2,1-3H3,(H,17,18). The van der Waals surface area contributed by atoms with Gasteiger partial charge in [-0.1, -0.05) is 6.07 Å². The van der Waals surface area contributed by atoms with Crippen molar-refractivity contribution in [2.24, 2.45) is 0 Å². The molecule has 2 heterocycles. The van der Waals surface area contributed by atoms with Crippen LogP contribution < -0.4 is 4.90 Å². The molecule has 1 N–H and O–H groups in total. The monoisotopic (exact) mass is 280 g/mol. The Labute approximate surface area is 118 Å². The van der Waals surface area contributed by atoms with E-state index in [1.807, 2.05) is 24.8 Å². The number of morpholine rings is 1. The second-order valence-corrected chi connectivity index (χ2v) is 5.52. The Morgan fingerprint density at radius 1 is 1.60 bits per heavy atom. The van der Waals surface area contributed by atoms with Crippen LogP contribution in [0.25, 0.3) is 0 Å². The highest BCUT2D eigenvalue weighted by Crippen LogP contribution is 2.25. The van der Waals surface area contributed by atoms with Crippen LogP contribution in [-0.4, -0.2) is 54.6 Å². The van der Waals surface area contributed by atoms with E-state index in [1.165, 1.54) is 6.07 Å². The van der Waals surface area contributed by atoms with Gasteiger partial charge in [-0.05, 0) is 26.0 Å². The van der Waals surface area contributed by atoms with Gasteiger partial charge in [-0.2, -0.15) is 0 Å². The third-order valence-electron chi connectivity index (χ3n) is 3.11. The van der Waals surface area contributed by atoms with E-state index in [4.69, 9.17) is 14.6 Å². The number of rotatable bonds is 4. The van der Waals surface area contributed by atoms with Crippen LogP contribution in [0.3, 0.4) is 0 Å². The van der Waals surface area contributed by atoms with Gasteiger partial charge in [0.15, 0.2) is 5.69 Å². The van der Waals surface area contributed by atoms with Gasteiger partial charge in [0.25, 0.3) is 0 Å². The topological polar surface area (TPSA) is 71.9 Å². The predicted molar refractivity (Wildman–Crippen MR) is 74.2 cm³/mol. The molecule has 0 saturated carbocycles. The molecule has 0 spiro atoms. The quantitative estimate of drug-likeness (QED) is 0.899. The molecule has 1 aromatic heterocycles. The Hall–Kier alpha value is -1.66. The number of hydrogen-bond donors (Lipinski definition) is 1. The molecule has 1 aliphatic rings. The van der Waals surface area contributed by atoms with Gasteiger partial charge >= 0.3 is 5.97 Å². The summed E-state index contributed by atoms with van der Waals surface area (Å²) < 4.78 is 11.1. The summed E-state index contributed by atoms with van der Waals surface area (Å²) >= 11 is 0. The Bertz CT molecular complexity index is 490. The van der Waals surface area contributed by atoms with Crippen molar-refractivity contribution in [3.8, 4) is 0 Å². The van der Waals surface area contributed by atoms with Crippen molar-refractivity contribution in [2.75, 3.05) is 31.7 Å². The maximum Gasteiger partial charge on any atom is 0.354 e. The first kappa shape index (κ1) is 14.7. The molecule has 1 atom stereocenters. The lowest BCUT2D eigenvalue weighted by Gasteiger charge is -2.43. The average molecular weight is 280 g/mol. The fraction of sp³-hybridized carbons (Fsp3) is 0.571. The first-order chi connectivity index (χ1) is 9.41. The van der Waals surface area contributed by atoms with E-state index >= 15 is 0 Å². The number of aromatic nitrogens is 1. The number of nitrogens with zero attached hydrogens (tertiary/aromatic N) is 2. The van der Waals surface area contributed by atoms with Crippen molar-refractivity contribution in [1.82, 2.24) is 4.98 Å². The summed E-state index contributed by atoms with van der Waals surface area (Å²) in [5.41, 5.74) is -0.280. The molecular weight excluding hydrogens is 260 g/mol. The van der Waals surface area contributed by atoms with E-state index < -0.39 is 5.97 Å². The molecule has 110 valence electrons. The number of pyridine rings is 1. The molecule has 0 bridgehead atoms. The van der Waals surface area contributed by atoms with Gasteiger partial charge in [-0.15, -0.1) is 0 Å². The van der Waals surface area contributed by atoms with Gasteiger partial charge in [0, 0.05) is 20.2 Å². The molecule has 1 aromatic rings. The molecule has 2 rings (SSSR count). The van der Waals surface area contributed by atoms with Gasteiger partial charge in [0.05, 0.1) is 18.3 Å². The summed E-state index contributed by atoms with van der Waals surface area (Å²) in [4.78, 5) is 17.2. The van der Waals surface area contributed by atoms with Crippen LogP contribution in [0.4, 0.5) is 5.82 Å². The first-order valence-corrected chi connectivity index (χ1v) is 6.53. The summed E-state index contributed by atoms with van der Waals surface area (Å²) in [6.45, 7) is 5.79. The Kier molecular flexibility index (Phi) is 4.25. The molecule has 1 aliphatic heterocycles. The largest absolute Gasteiger partial charge is 0.477 e. The summed E-state index contributed by atoms with van der Waals surface area (Å²) in [6, 6.07) is 5.02. The van der Waals surface area contributed by atoms with Crippen molar-refractivity contribution >= 4 is 11.8 Å². The predicted octanol–water partition coefficient (Wildman–Crippen LogP) is 1.41. The van der Waals surface area contributed by atoms with Gasteiger partial charge in [-0.25, -0.2) is 9.78 Å². The van der Waals surface area contributed by atoms with Crippen LogP contribution in [0.1, 0.15) is 24.3 Å². The molecule has 1 unspecified atom stereocenters. The number of carbonyl (C=O) groups is 1. The molecule has 0 aliphatic carbocycles. The number of anilines is 1. The maximum atomic E-state index is 11.0. The van der Waals surface area contributed by atoms with Crippen molar-refractivity contribution in [3.05, 3.63) is 23.9 Å². The Morgan fingerprint density at radius 3 is 3.00 bits per heavy atom. The molecule has 6 heteroatoms. The summed E-state index contributed by atoms with van der Waals surface area (Å²) in [7, 11) is 1.64. The molecule has 0 amide bonds. The van der Waals surface area contributed by atoms with Crippen LogP contribution in [0.5, 0.6) is 0 Å². The van der Waals surface area contributed by atoms with Gasteiger partial charge in [0.1, 0.15) is 5.82 Å². The minimum Gasteiger partial charge on any atom is -0.477 e. The fourth-order valence-corrected chi connectivity index (χ4v) is 2.46. The lowest BCUT2D eigenvalue weighted by molar-refractivity contribution is -0.106. The van der Waals surface area contributed by atoms with E-state index in [9.17, 15) is 4.79 Å². The highest BCUT2D eigenvalue weighted by atomic mass is 16.5. The molecule has 0 aromatic carbocycles. The van der Waals surface area contributed by atoms with Crippen LogP contribution >= 0.6 is 0 Å². The van der Waals surface area contributed by atoms with Crippen molar-refractivity contribution in [3.63, 3.8) is 0 Å². The smallest absolute Gasteiger partial charge is 0.354 e. The zero-order chi connectivity index (χ0) is 14.8. The zero-order valence-electron chi connectivity index (χ0n) is 12.0.